The number of benzene rings is 1. The Labute approximate surface area is 116 Å². The van der Waals surface area contributed by atoms with E-state index in [-0.39, 0.29) is 11.0 Å². The third kappa shape index (κ3) is 4.40. The first-order chi connectivity index (χ1) is 9.24. The normalized spacial score (nSPS) is 10.3. The van der Waals surface area contributed by atoms with Crippen molar-refractivity contribution in [3.05, 3.63) is 60.6 Å². The molecule has 2 rings (SSSR count). The van der Waals surface area contributed by atoms with Crippen LogP contribution < -0.4 is 10.6 Å². The molecule has 0 atom stereocenters. The van der Waals surface area contributed by atoms with Crippen molar-refractivity contribution in [3.63, 3.8) is 0 Å². The summed E-state index contributed by atoms with van der Waals surface area (Å²) in [6.07, 6.45) is 4.47. The van der Waals surface area contributed by atoms with Crippen molar-refractivity contribution in [2.24, 2.45) is 0 Å². The second-order valence-electron chi connectivity index (χ2n) is 3.66. The summed E-state index contributed by atoms with van der Waals surface area (Å²) in [5, 5.41) is 5.70. The van der Waals surface area contributed by atoms with Crippen LogP contribution in [-0.2, 0) is 4.79 Å². The minimum absolute atomic E-state index is 0.250. The van der Waals surface area contributed by atoms with E-state index in [1.807, 2.05) is 30.3 Å². The number of furan rings is 1. The van der Waals surface area contributed by atoms with E-state index >= 15 is 0 Å². The fourth-order valence-corrected chi connectivity index (χ4v) is 1.60. The van der Waals surface area contributed by atoms with Crippen molar-refractivity contribution in [1.82, 2.24) is 5.32 Å². The van der Waals surface area contributed by atoms with Gasteiger partial charge in [0.05, 0.1) is 6.26 Å². The zero-order valence-electron chi connectivity index (χ0n) is 10.00. The Bertz CT molecular complexity index is 577. The lowest BCUT2D eigenvalue weighted by atomic mass is 10.3. The van der Waals surface area contributed by atoms with Crippen LogP contribution in [-0.4, -0.2) is 11.0 Å². The van der Waals surface area contributed by atoms with E-state index in [0.29, 0.717) is 5.76 Å². The molecule has 0 radical (unpaired) electrons. The molecule has 1 amide bonds. The highest BCUT2D eigenvalue weighted by Gasteiger charge is 2.01. The van der Waals surface area contributed by atoms with Crippen molar-refractivity contribution < 1.29 is 9.21 Å². The van der Waals surface area contributed by atoms with Gasteiger partial charge in [0.1, 0.15) is 5.76 Å². The van der Waals surface area contributed by atoms with Gasteiger partial charge < -0.3 is 9.73 Å². The Morgan fingerprint density at radius 2 is 1.95 bits per heavy atom. The molecule has 1 heterocycles. The minimum atomic E-state index is -0.315. The van der Waals surface area contributed by atoms with E-state index in [1.54, 1.807) is 24.5 Å². The highest BCUT2D eigenvalue weighted by atomic mass is 32.1. The third-order valence-corrected chi connectivity index (χ3v) is 2.41. The predicted octanol–water partition coefficient (Wildman–Crippen LogP) is 2.81. The number of anilines is 1. The van der Waals surface area contributed by atoms with Gasteiger partial charge in [0.25, 0.3) is 0 Å². The summed E-state index contributed by atoms with van der Waals surface area (Å²) in [6, 6.07) is 12.9. The Balaban J connectivity index is 1.84. The molecule has 0 aliphatic carbocycles. The van der Waals surface area contributed by atoms with Gasteiger partial charge in [-0.2, -0.15) is 0 Å². The smallest absolute Gasteiger partial charge is 0.250 e. The van der Waals surface area contributed by atoms with E-state index in [4.69, 9.17) is 16.6 Å². The molecule has 2 aromatic rings. The van der Waals surface area contributed by atoms with E-state index in [1.165, 1.54) is 6.08 Å². The average molecular weight is 272 g/mol. The van der Waals surface area contributed by atoms with Crippen LogP contribution in [0.15, 0.2) is 59.2 Å². The van der Waals surface area contributed by atoms with Crippen molar-refractivity contribution in [2.45, 2.75) is 0 Å². The number of para-hydroxylation sites is 1. The van der Waals surface area contributed by atoms with Gasteiger partial charge >= 0.3 is 0 Å². The van der Waals surface area contributed by atoms with Crippen molar-refractivity contribution >= 4 is 35.0 Å². The minimum Gasteiger partial charge on any atom is -0.465 e. The van der Waals surface area contributed by atoms with Gasteiger partial charge in [-0.15, -0.1) is 0 Å². The summed E-state index contributed by atoms with van der Waals surface area (Å²) in [6.45, 7) is 0. The Morgan fingerprint density at radius 3 is 2.63 bits per heavy atom. The van der Waals surface area contributed by atoms with Gasteiger partial charge in [0.2, 0.25) is 5.91 Å². The quantitative estimate of drug-likeness (QED) is 0.666. The lowest BCUT2D eigenvalue weighted by Gasteiger charge is -2.07. The first-order valence-electron chi connectivity index (χ1n) is 5.62. The van der Waals surface area contributed by atoms with Crippen molar-refractivity contribution in [2.75, 3.05) is 5.32 Å². The number of thiocarbonyl (C=S) groups is 1. The van der Waals surface area contributed by atoms with Gasteiger partial charge in [0, 0.05) is 11.8 Å². The highest BCUT2D eigenvalue weighted by Crippen LogP contribution is 2.04. The molecule has 0 saturated heterocycles. The van der Waals surface area contributed by atoms with E-state index in [2.05, 4.69) is 10.6 Å². The molecular weight excluding hydrogens is 260 g/mol. The summed E-state index contributed by atoms with van der Waals surface area (Å²) < 4.78 is 5.07. The summed E-state index contributed by atoms with van der Waals surface area (Å²) in [5.74, 6) is 0.293. The summed E-state index contributed by atoms with van der Waals surface area (Å²) in [7, 11) is 0. The maximum absolute atomic E-state index is 11.6. The zero-order valence-corrected chi connectivity index (χ0v) is 10.8. The molecular formula is C14H12N2O2S. The topological polar surface area (TPSA) is 54.3 Å². The molecule has 4 nitrogen and oxygen atoms in total. The number of amides is 1. The molecule has 0 saturated carbocycles. The zero-order chi connectivity index (χ0) is 13.5. The molecule has 0 aliphatic rings. The molecule has 0 unspecified atom stereocenters. The second-order valence-corrected chi connectivity index (χ2v) is 4.07. The highest BCUT2D eigenvalue weighted by molar-refractivity contribution is 7.80. The molecule has 2 N–H and O–H groups in total. The van der Waals surface area contributed by atoms with Crippen LogP contribution >= 0.6 is 12.2 Å². The number of nitrogens with one attached hydrogen (secondary N) is 2. The molecule has 5 heteroatoms. The molecule has 0 aliphatic heterocycles. The molecule has 0 fully saturated rings. The number of carbonyl (C=O) groups excluding carboxylic acids is 1. The van der Waals surface area contributed by atoms with Crippen LogP contribution in [0.3, 0.4) is 0 Å². The van der Waals surface area contributed by atoms with Crippen molar-refractivity contribution in [1.29, 1.82) is 0 Å². The molecule has 96 valence electrons. The first kappa shape index (κ1) is 13.0. The largest absolute Gasteiger partial charge is 0.465 e. The van der Waals surface area contributed by atoms with Crippen LogP contribution in [0.5, 0.6) is 0 Å². The third-order valence-electron chi connectivity index (χ3n) is 2.21. The maximum atomic E-state index is 11.6. The molecule has 0 spiro atoms. The van der Waals surface area contributed by atoms with Gasteiger partial charge in [-0.05, 0) is 42.6 Å². The van der Waals surface area contributed by atoms with Crippen LogP contribution in [0.25, 0.3) is 6.08 Å². The van der Waals surface area contributed by atoms with Gasteiger partial charge in [-0.3, -0.25) is 10.1 Å². The van der Waals surface area contributed by atoms with Crippen LogP contribution in [0.4, 0.5) is 5.69 Å². The standard InChI is InChI=1S/C14H12N2O2S/c17-13(9-8-12-7-4-10-18-12)16-14(19)15-11-5-2-1-3-6-11/h1-10H,(H2,15,16,17,19)/b9-8+. The predicted molar refractivity (Wildman–Crippen MR) is 78.5 cm³/mol. The van der Waals surface area contributed by atoms with Crippen molar-refractivity contribution in [3.8, 4) is 0 Å². The maximum Gasteiger partial charge on any atom is 0.250 e. The Morgan fingerprint density at radius 1 is 1.16 bits per heavy atom. The summed E-state index contributed by atoms with van der Waals surface area (Å²) in [5.41, 5.74) is 0.822. The number of hydrogen-bond acceptors (Lipinski definition) is 3. The average Bonchev–Trinajstić information content (AvgIpc) is 2.90. The number of rotatable bonds is 3. The monoisotopic (exact) mass is 272 g/mol. The fourth-order valence-electron chi connectivity index (χ4n) is 1.38. The Hall–Kier alpha value is -2.40. The van der Waals surface area contributed by atoms with Crippen LogP contribution in [0.1, 0.15) is 5.76 Å². The fraction of sp³-hybridized carbons (Fsp3) is 0. The molecule has 1 aromatic heterocycles. The lowest BCUT2D eigenvalue weighted by Crippen LogP contribution is -2.32. The second kappa shape index (κ2) is 6.51. The van der Waals surface area contributed by atoms with Gasteiger partial charge in [-0.25, -0.2) is 0 Å². The lowest BCUT2D eigenvalue weighted by molar-refractivity contribution is -0.115. The van der Waals surface area contributed by atoms with Gasteiger partial charge in [0.15, 0.2) is 5.11 Å². The first-order valence-corrected chi connectivity index (χ1v) is 6.03. The van der Waals surface area contributed by atoms with E-state index < -0.39 is 0 Å². The van der Waals surface area contributed by atoms with Gasteiger partial charge in [-0.1, -0.05) is 18.2 Å². The SMILES string of the molecule is O=C(/C=C/c1ccco1)NC(=S)Nc1ccccc1. The summed E-state index contributed by atoms with van der Waals surface area (Å²) >= 11 is 5.03. The van der Waals surface area contributed by atoms with E-state index in [0.717, 1.165) is 5.69 Å². The Kier molecular flexibility index (Phi) is 4.47. The van der Waals surface area contributed by atoms with Crippen LogP contribution in [0.2, 0.25) is 0 Å². The molecule has 1 aromatic carbocycles. The molecule has 0 bridgehead atoms. The number of hydrogen-bond donors (Lipinski definition) is 2. The van der Waals surface area contributed by atoms with Crippen LogP contribution in [0, 0.1) is 0 Å². The number of carbonyl (C=O) groups is 1. The summed E-state index contributed by atoms with van der Waals surface area (Å²) in [4.78, 5) is 11.6. The van der Waals surface area contributed by atoms with E-state index in [9.17, 15) is 4.79 Å². The molecule has 19 heavy (non-hydrogen) atoms.